The summed E-state index contributed by atoms with van der Waals surface area (Å²) in [7, 11) is 0. The Morgan fingerprint density at radius 1 is 1.10 bits per heavy atom. The summed E-state index contributed by atoms with van der Waals surface area (Å²) < 4.78 is 33.2. The summed E-state index contributed by atoms with van der Waals surface area (Å²) >= 11 is 6.64. The molecular weight excluding hydrogens is 521 g/mol. The van der Waals surface area contributed by atoms with Gasteiger partial charge in [-0.1, -0.05) is 11.6 Å². The lowest BCUT2D eigenvalue weighted by Gasteiger charge is -2.43. The number of alkyl halides is 1. The first-order valence-electron chi connectivity index (χ1n) is 14.4. The Labute approximate surface area is 234 Å². The fourth-order valence-corrected chi connectivity index (χ4v) is 7.91. The van der Waals surface area contributed by atoms with Crippen molar-refractivity contribution in [2.24, 2.45) is 0 Å². The van der Waals surface area contributed by atoms with E-state index in [1.165, 1.54) is 0 Å². The van der Waals surface area contributed by atoms with Crippen molar-refractivity contribution < 1.29 is 18.6 Å². The number of ether oxygens (including phenoxy) is 3. The van der Waals surface area contributed by atoms with Crippen LogP contribution in [-0.2, 0) is 34.5 Å². The first kappa shape index (κ1) is 25.7. The lowest BCUT2D eigenvalue weighted by molar-refractivity contribution is -0.0855. The molecule has 5 aliphatic rings. The molecule has 39 heavy (non-hydrogen) atoms. The maximum absolute atomic E-state index is 14.4. The molecule has 4 aliphatic heterocycles. The number of benzene rings is 1. The number of rotatable bonds is 4. The zero-order valence-corrected chi connectivity index (χ0v) is 23.1. The van der Waals surface area contributed by atoms with E-state index < -0.39 is 11.8 Å². The Bertz CT molecular complexity index is 1260. The second-order valence-corrected chi connectivity index (χ2v) is 12.3. The van der Waals surface area contributed by atoms with Gasteiger partial charge in [0.05, 0.1) is 30.0 Å². The Balaban J connectivity index is 1.25. The van der Waals surface area contributed by atoms with E-state index in [1.54, 1.807) is 0 Å². The Morgan fingerprint density at radius 3 is 2.95 bits per heavy atom. The van der Waals surface area contributed by atoms with E-state index in [4.69, 9.17) is 41.5 Å². The molecule has 3 saturated heterocycles. The fourth-order valence-electron chi connectivity index (χ4n) is 7.59. The molecule has 2 N–H and O–H groups in total. The predicted molar refractivity (Wildman–Crippen MR) is 147 cm³/mol. The summed E-state index contributed by atoms with van der Waals surface area (Å²) in [5, 5.41) is 0.707. The molecule has 5 heterocycles. The van der Waals surface area contributed by atoms with Gasteiger partial charge in [-0.25, -0.2) is 4.39 Å². The topological polar surface area (TPSA) is 86.0 Å². The summed E-state index contributed by atoms with van der Waals surface area (Å²) in [5.41, 5.74) is 10.3. The van der Waals surface area contributed by atoms with Crippen molar-refractivity contribution in [3.63, 3.8) is 0 Å². The van der Waals surface area contributed by atoms with Gasteiger partial charge in [0.1, 0.15) is 18.6 Å². The van der Waals surface area contributed by atoms with Gasteiger partial charge in [-0.15, -0.1) is 0 Å². The molecule has 2 aromatic rings. The molecule has 7 rings (SSSR count). The van der Waals surface area contributed by atoms with Crippen LogP contribution in [0.15, 0.2) is 12.1 Å². The number of halogens is 2. The lowest BCUT2D eigenvalue weighted by Crippen LogP contribution is -2.44. The minimum Gasteiger partial charge on any atom is -0.461 e. The van der Waals surface area contributed by atoms with Crippen molar-refractivity contribution in [1.82, 2.24) is 14.9 Å². The van der Waals surface area contributed by atoms with Crippen molar-refractivity contribution in [3.05, 3.63) is 39.5 Å². The normalized spacial score (nSPS) is 30.6. The number of hydrogen-bond acceptors (Lipinski definition) is 8. The smallest absolute Gasteiger partial charge is 0.318 e. The second-order valence-electron chi connectivity index (χ2n) is 11.9. The molecule has 0 bridgehead atoms. The van der Waals surface area contributed by atoms with Crippen LogP contribution < -0.4 is 15.4 Å². The van der Waals surface area contributed by atoms with Gasteiger partial charge in [0.2, 0.25) is 0 Å². The van der Waals surface area contributed by atoms with E-state index in [2.05, 4.69) is 9.80 Å². The van der Waals surface area contributed by atoms with Gasteiger partial charge in [-0.05, 0) is 68.3 Å². The van der Waals surface area contributed by atoms with Gasteiger partial charge in [0.15, 0.2) is 0 Å². The van der Waals surface area contributed by atoms with Gasteiger partial charge >= 0.3 is 6.01 Å². The van der Waals surface area contributed by atoms with Crippen molar-refractivity contribution in [3.8, 4) is 6.01 Å². The van der Waals surface area contributed by atoms with Gasteiger partial charge in [-0.2, -0.15) is 9.97 Å². The zero-order valence-electron chi connectivity index (χ0n) is 22.4. The molecule has 10 heteroatoms. The zero-order chi connectivity index (χ0) is 26.6. The highest BCUT2D eigenvalue weighted by Crippen LogP contribution is 2.48. The number of anilines is 2. The molecule has 0 radical (unpaired) electrons. The van der Waals surface area contributed by atoms with Crippen molar-refractivity contribution in [1.29, 1.82) is 0 Å². The largest absolute Gasteiger partial charge is 0.461 e. The van der Waals surface area contributed by atoms with Crippen molar-refractivity contribution in [2.75, 3.05) is 56.6 Å². The van der Waals surface area contributed by atoms with Gasteiger partial charge in [-0.3, -0.25) is 4.90 Å². The van der Waals surface area contributed by atoms with Crippen LogP contribution in [0.4, 0.5) is 15.9 Å². The molecule has 3 fully saturated rings. The first-order chi connectivity index (χ1) is 18.9. The maximum Gasteiger partial charge on any atom is 0.318 e. The van der Waals surface area contributed by atoms with Gasteiger partial charge in [0.25, 0.3) is 0 Å². The monoisotopic (exact) mass is 557 g/mol. The third-order valence-electron chi connectivity index (χ3n) is 9.46. The second kappa shape index (κ2) is 10.0. The van der Waals surface area contributed by atoms with Gasteiger partial charge < -0.3 is 24.8 Å². The third kappa shape index (κ3) is 4.55. The van der Waals surface area contributed by atoms with E-state index >= 15 is 0 Å². The molecule has 0 saturated carbocycles. The van der Waals surface area contributed by atoms with E-state index in [1.807, 2.05) is 12.1 Å². The molecule has 1 spiro atoms. The van der Waals surface area contributed by atoms with E-state index in [0.717, 1.165) is 93.0 Å². The van der Waals surface area contributed by atoms with Crippen LogP contribution in [-0.4, -0.2) is 72.6 Å². The molecule has 8 nitrogen and oxygen atoms in total. The van der Waals surface area contributed by atoms with Crippen LogP contribution >= 0.6 is 11.6 Å². The highest BCUT2D eigenvalue weighted by molar-refractivity contribution is 6.31. The van der Waals surface area contributed by atoms with Crippen LogP contribution in [0.25, 0.3) is 0 Å². The molecule has 1 aromatic heterocycles. The molecular formula is C29H37ClFN5O3. The highest BCUT2D eigenvalue weighted by Gasteiger charge is 2.50. The van der Waals surface area contributed by atoms with E-state index in [0.29, 0.717) is 55.9 Å². The molecule has 1 unspecified atom stereocenters. The van der Waals surface area contributed by atoms with Crippen LogP contribution in [0, 0.1) is 0 Å². The molecule has 1 aromatic carbocycles. The average Bonchev–Trinajstić information content (AvgIpc) is 3.29. The predicted octanol–water partition coefficient (Wildman–Crippen LogP) is 4.20. The van der Waals surface area contributed by atoms with E-state index in [-0.39, 0.29) is 5.54 Å². The van der Waals surface area contributed by atoms with Crippen LogP contribution in [0.1, 0.15) is 60.9 Å². The van der Waals surface area contributed by atoms with Crippen molar-refractivity contribution >= 4 is 23.1 Å². The summed E-state index contributed by atoms with van der Waals surface area (Å²) in [4.78, 5) is 14.5. The minimum atomic E-state index is -0.798. The summed E-state index contributed by atoms with van der Waals surface area (Å²) in [5.74, 6) is 0.868. The van der Waals surface area contributed by atoms with Crippen LogP contribution in [0.5, 0.6) is 6.01 Å². The summed E-state index contributed by atoms with van der Waals surface area (Å²) in [6.07, 6.45) is 6.06. The fraction of sp³-hybridized carbons (Fsp3) is 0.655. The standard InChI is InChI=1S/C29H37ClFN5O3/c30-24-13-20(32)12-23-21(24)4-1-6-29(23)15-25-22(17-39-29)26(35-7-3-10-37-11-9-35)34-27(33-25)38-18-28-5-2-8-36(28)16-19(31)14-28/h12-13,19H,1-11,14-18,32H2/t19-,28+,29?/m1/s1. The number of nitrogens with two attached hydrogens (primary N) is 1. The SMILES string of the molecule is Nc1cc(Cl)c2c(c1)C1(CCC2)Cc2nc(OC[C@@]34CCCN3C[C@H](F)C4)nc(N3CCCOCC3)c2CO1. The molecule has 210 valence electrons. The summed E-state index contributed by atoms with van der Waals surface area (Å²) in [6.45, 7) is 5.25. The number of fused-ring (bicyclic) bond motifs is 4. The maximum atomic E-state index is 14.4. The van der Waals surface area contributed by atoms with Crippen LogP contribution in [0.2, 0.25) is 5.02 Å². The Kier molecular flexibility index (Phi) is 6.61. The van der Waals surface area contributed by atoms with E-state index in [9.17, 15) is 4.39 Å². The first-order valence-corrected chi connectivity index (χ1v) is 14.8. The highest BCUT2D eigenvalue weighted by atomic mass is 35.5. The van der Waals surface area contributed by atoms with Crippen molar-refractivity contribution in [2.45, 2.75) is 75.3 Å². The Morgan fingerprint density at radius 2 is 2.03 bits per heavy atom. The number of hydrogen-bond donors (Lipinski definition) is 1. The average molecular weight is 558 g/mol. The molecule has 3 atom stereocenters. The molecule has 1 aliphatic carbocycles. The number of aromatic nitrogens is 2. The quantitative estimate of drug-likeness (QED) is 0.560. The molecule has 0 amide bonds. The van der Waals surface area contributed by atoms with Crippen LogP contribution in [0.3, 0.4) is 0 Å². The summed E-state index contributed by atoms with van der Waals surface area (Å²) in [6, 6.07) is 4.23. The number of nitrogen functional groups attached to an aromatic ring is 1. The number of nitrogens with zero attached hydrogens (tertiary/aromatic N) is 4. The minimum absolute atomic E-state index is 0.254. The Hall–Kier alpha value is -2.20. The third-order valence-corrected chi connectivity index (χ3v) is 9.80. The lowest BCUT2D eigenvalue weighted by atomic mass is 9.74. The van der Waals surface area contributed by atoms with Gasteiger partial charge in [0, 0.05) is 55.4 Å².